The second-order valence-electron chi connectivity index (χ2n) is 7.54. The molecule has 2 aliphatic rings. The molecule has 3 atom stereocenters. The molecule has 0 radical (unpaired) electrons. The normalized spacial score (nSPS) is 35.7. The Kier molecular flexibility index (Phi) is 3.21. The quantitative estimate of drug-likeness (QED) is 0.858. The minimum atomic E-state index is 0.476. The molecule has 2 bridgehead atoms. The van der Waals surface area contributed by atoms with Crippen LogP contribution in [0, 0.1) is 16.7 Å². The van der Waals surface area contributed by atoms with Gasteiger partial charge in [-0.15, -0.1) is 0 Å². The smallest absolute Gasteiger partial charge is 0.0175 e. The van der Waals surface area contributed by atoms with E-state index in [9.17, 15) is 0 Å². The zero-order chi connectivity index (χ0) is 13.5. The van der Waals surface area contributed by atoms with Crippen LogP contribution in [-0.2, 0) is 6.42 Å². The van der Waals surface area contributed by atoms with Gasteiger partial charge in [-0.2, -0.15) is 0 Å². The Hall–Kier alpha value is -0.820. The highest BCUT2D eigenvalue weighted by molar-refractivity contribution is 5.16. The van der Waals surface area contributed by atoms with Crippen molar-refractivity contribution in [1.29, 1.82) is 0 Å². The van der Waals surface area contributed by atoms with Crippen LogP contribution >= 0.6 is 0 Å². The van der Waals surface area contributed by atoms with Gasteiger partial charge in [-0.1, -0.05) is 51.1 Å². The molecule has 0 aliphatic heterocycles. The Morgan fingerprint density at radius 3 is 2.53 bits per heavy atom. The Balaban J connectivity index is 1.61. The molecule has 1 nitrogen and oxygen atoms in total. The second kappa shape index (κ2) is 4.63. The average Bonchev–Trinajstić information content (AvgIpc) is 2.86. The summed E-state index contributed by atoms with van der Waals surface area (Å²) in [5.74, 6) is 0.937. The van der Waals surface area contributed by atoms with Crippen molar-refractivity contribution in [2.24, 2.45) is 16.7 Å². The van der Waals surface area contributed by atoms with Crippen molar-refractivity contribution in [3.63, 3.8) is 0 Å². The van der Waals surface area contributed by atoms with E-state index in [1.165, 1.54) is 24.8 Å². The predicted octanol–water partition coefficient (Wildman–Crippen LogP) is 4.03. The molecule has 0 spiro atoms. The van der Waals surface area contributed by atoms with Crippen molar-refractivity contribution in [1.82, 2.24) is 5.32 Å². The second-order valence-corrected chi connectivity index (χ2v) is 7.54. The summed E-state index contributed by atoms with van der Waals surface area (Å²) < 4.78 is 0. The number of nitrogens with one attached hydrogen (secondary N) is 1. The van der Waals surface area contributed by atoms with Gasteiger partial charge in [0.15, 0.2) is 0 Å². The number of hydrogen-bond donors (Lipinski definition) is 1. The molecule has 0 amide bonds. The molecule has 2 aliphatic carbocycles. The first-order valence-electron chi connectivity index (χ1n) is 7.80. The molecule has 3 rings (SSSR count). The van der Waals surface area contributed by atoms with Gasteiger partial charge in [0.1, 0.15) is 0 Å². The molecular formula is C18H27N. The molecule has 2 saturated carbocycles. The van der Waals surface area contributed by atoms with Crippen molar-refractivity contribution in [3.8, 4) is 0 Å². The first-order chi connectivity index (χ1) is 9.02. The van der Waals surface area contributed by atoms with Gasteiger partial charge in [-0.3, -0.25) is 0 Å². The summed E-state index contributed by atoms with van der Waals surface area (Å²) in [6.07, 6.45) is 5.45. The van der Waals surface area contributed by atoms with Crippen molar-refractivity contribution in [2.45, 2.75) is 52.5 Å². The summed E-state index contributed by atoms with van der Waals surface area (Å²) >= 11 is 0. The molecule has 1 heteroatoms. The van der Waals surface area contributed by atoms with Gasteiger partial charge < -0.3 is 5.32 Å². The van der Waals surface area contributed by atoms with Crippen molar-refractivity contribution >= 4 is 0 Å². The van der Waals surface area contributed by atoms with Crippen LogP contribution in [0.4, 0.5) is 0 Å². The highest BCUT2D eigenvalue weighted by atomic mass is 15.0. The van der Waals surface area contributed by atoms with E-state index in [0.29, 0.717) is 16.9 Å². The molecule has 0 heterocycles. The lowest BCUT2D eigenvalue weighted by molar-refractivity contribution is 0.110. The molecule has 104 valence electrons. The minimum Gasteiger partial charge on any atom is -0.313 e. The van der Waals surface area contributed by atoms with E-state index in [2.05, 4.69) is 56.4 Å². The minimum absolute atomic E-state index is 0.476. The number of benzene rings is 1. The van der Waals surface area contributed by atoms with Gasteiger partial charge in [0.25, 0.3) is 0 Å². The molecule has 1 aromatic carbocycles. The van der Waals surface area contributed by atoms with Crippen LogP contribution in [0.25, 0.3) is 0 Å². The SMILES string of the molecule is CC12CCC(C1)C(C)(C)C2NCCc1ccccc1. The Morgan fingerprint density at radius 2 is 1.89 bits per heavy atom. The predicted molar refractivity (Wildman–Crippen MR) is 81.2 cm³/mol. The van der Waals surface area contributed by atoms with E-state index >= 15 is 0 Å². The molecule has 1 aromatic rings. The molecule has 19 heavy (non-hydrogen) atoms. The maximum Gasteiger partial charge on any atom is 0.0175 e. The van der Waals surface area contributed by atoms with Crippen molar-refractivity contribution < 1.29 is 0 Å². The van der Waals surface area contributed by atoms with Crippen molar-refractivity contribution in [3.05, 3.63) is 35.9 Å². The van der Waals surface area contributed by atoms with E-state index in [1.807, 2.05) is 0 Å². The zero-order valence-electron chi connectivity index (χ0n) is 12.6. The Labute approximate surface area is 117 Å². The van der Waals surface area contributed by atoms with Gasteiger partial charge >= 0.3 is 0 Å². The third-order valence-corrected chi connectivity index (χ3v) is 5.87. The summed E-state index contributed by atoms with van der Waals surface area (Å²) in [5, 5.41) is 3.89. The molecule has 2 fully saturated rings. The third kappa shape index (κ3) is 2.23. The monoisotopic (exact) mass is 257 g/mol. The fourth-order valence-corrected chi connectivity index (χ4v) is 4.82. The first kappa shape index (κ1) is 13.2. The zero-order valence-corrected chi connectivity index (χ0v) is 12.6. The number of rotatable bonds is 4. The summed E-state index contributed by atoms with van der Waals surface area (Å²) in [6, 6.07) is 11.5. The average molecular weight is 257 g/mol. The van der Waals surface area contributed by atoms with Crippen molar-refractivity contribution in [2.75, 3.05) is 6.54 Å². The maximum absolute atomic E-state index is 3.89. The number of fused-ring (bicyclic) bond motifs is 2. The fraction of sp³-hybridized carbons (Fsp3) is 0.667. The van der Waals surface area contributed by atoms with Gasteiger partial charge in [0, 0.05) is 6.04 Å². The topological polar surface area (TPSA) is 12.0 Å². The van der Waals surface area contributed by atoms with Gasteiger partial charge in [0.2, 0.25) is 0 Å². The van der Waals surface area contributed by atoms with E-state index in [1.54, 1.807) is 0 Å². The van der Waals surface area contributed by atoms with Gasteiger partial charge in [-0.25, -0.2) is 0 Å². The Bertz CT molecular complexity index is 432. The van der Waals surface area contributed by atoms with Crippen LogP contribution < -0.4 is 5.32 Å². The lowest BCUT2D eigenvalue weighted by atomic mass is 9.68. The van der Waals surface area contributed by atoms with Crippen LogP contribution in [0.5, 0.6) is 0 Å². The summed E-state index contributed by atoms with van der Waals surface area (Å²) in [4.78, 5) is 0. The molecule has 0 aromatic heterocycles. The van der Waals surface area contributed by atoms with E-state index in [-0.39, 0.29) is 0 Å². The fourth-order valence-electron chi connectivity index (χ4n) is 4.82. The Morgan fingerprint density at radius 1 is 1.16 bits per heavy atom. The van der Waals surface area contributed by atoms with E-state index in [4.69, 9.17) is 0 Å². The third-order valence-electron chi connectivity index (χ3n) is 5.87. The van der Waals surface area contributed by atoms with Gasteiger partial charge in [0.05, 0.1) is 0 Å². The van der Waals surface area contributed by atoms with Gasteiger partial charge in [-0.05, 0) is 54.5 Å². The number of hydrogen-bond acceptors (Lipinski definition) is 1. The largest absolute Gasteiger partial charge is 0.313 e. The summed E-state index contributed by atoms with van der Waals surface area (Å²) in [7, 11) is 0. The lowest BCUT2D eigenvalue weighted by Gasteiger charge is -2.43. The van der Waals surface area contributed by atoms with Crippen LogP contribution in [-0.4, -0.2) is 12.6 Å². The lowest BCUT2D eigenvalue weighted by Crippen LogP contribution is -2.50. The van der Waals surface area contributed by atoms with Crippen LogP contribution in [0.1, 0.15) is 45.6 Å². The highest BCUT2D eigenvalue weighted by Crippen LogP contribution is 2.62. The molecule has 0 saturated heterocycles. The van der Waals surface area contributed by atoms with Crippen LogP contribution in [0.3, 0.4) is 0 Å². The van der Waals surface area contributed by atoms with Crippen LogP contribution in [0.2, 0.25) is 0 Å². The molecule has 3 unspecified atom stereocenters. The summed E-state index contributed by atoms with van der Waals surface area (Å²) in [6.45, 7) is 8.56. The van der Waals surface area contributed by atoms with Crippen LogP contribution in [0.15, 0.2) is 30.3 Å². The highest BCUT2D eigenvalue weighted by Gasteiger charge is 2.58. The van der Waals surface area contributed by atoms with E-state index in [0.717, 1.165) is 18.9 Å². The summed E-state index contributed by atoms with van der Waals surface area (Å²) in [5.41, 5.74) is 2.47. The van der Waals surface area contributed by atoms with E-state index < -0.39 is 0 Å². The molecular weight excluding hydrogens is 230 g/mol. The standard InChI is InChI=1S/C18H27N/c1-17(2)15-9-11-18(3,13-15)16(17)19-12-10-14-7-5-4-6-8-14/h4-8,15-16,19H,9-13H2,1-3H3. The maximum atomic E-state index is 3.89. The molecule has 1 N–H and O–H groups in total. The first-order valence-corrected chi connectivity index (χ1v) is 7.80.